The van der Waals surface area contributed by atoms with Crippen LogP contribution in [0.2, 0.25) is 0 Å². The Balaban J connectivity index is 2.17. The smallest absolute Gasteiger partial charge is 0.382 e. The summed E-state index contributed by atoms with van der Waals surface area (Å²) >= 11 is 0. The molecule has 11 heteroatoms. The Morgan fingerprint density at radius 1 is 1.16 bits per heavy atom. The molecule has 0 N–H and O–H groups in total. The van der Waals surface area contributed by atoms with E-state index in [1.807, 2.05) is 0 Å². The van der Waals surface area contributed by atoms with Crippen molar-refractivity contribution in [3.8, 4) is 11.6 Å². The van der Waals surface area contributed by atoms with Gasteiger partial charge < -0.3 is 19.1 Å². The highest BCUT2D eigenvalue weighted by atomic mass is 19.2. The molecule has 0 fully saturated rings. The van der Waals surface area contributed by atoms with Crippen LogP contribution in [0, 0.1) is 35.0 Å². The Kier molecular flexibility index (Phi) is 5.57. The van der Waals surface area contributed by atoms with Crippen LogP contribution in [0.4, 0.5) is 22.0 Å². The number of ether oxygens (including phenoxy) is 2. The maximum absolute atomic E-state index is 13.4. The molecule has 0 spiro atoms. The first-order valence-corrected chi connectivity index (χ1v) is 6.67. The van der Waals surface area contributed by atoms with Crippen molar-refractivity contribution in [2.45, 2.75) is 6.92 Å². The average Bonchev–Trinajstić information content (AvgIpc) is 3.08. The topological polar surface area (TPSA) is 84.6 Å². The zero-order valence-corrected chi connectivity index (χ0v) is 12.4. The van der Waals surface area contributed by atoms with E-state index in [1.54, 1.807) is 6.92 Å². The Morgan fingerprint density at radius 2 is 1.72 bits per heavy atom. The molecular weight excluding hydrogens is 357 g/mol. The van der Waals surface area contributed by atoms with E-state index < -0.39 is 53.2 Å². The normalized spacial score (nSPS) is 12.1. The first kappa shape index (κ1) is 18.6. The molecule has 2 aromatic rings. The molecule has 1 heterocycles. The van der Waals surface area contributed by atoms with Gasteiger partial charge in [-0.25, -0.2) is 18.0 Å². The summed E-state index contributed by atoms with van der Waals surface area (Å²) in [5.74, 6) is -16.2. The predicted octanol–water partition coefficient (Wildman–Crippen LogP) is 1.96. The zero-order valence-electron chi connectivity index (χ0n) is 12.4. The second-order valence-corrected chi connectivity index (χ2v) is 4.90. The molecule has 0 aliphatic carbocycles. The lowest BCUT2D eigenvalue weighted by molar-refractivity contribution is -0.378. The lowest BCUT2D eigenvalue weighted by Gasteiger charge is -2.13. The average molecular weight is 366 g/mol. The summed E-state index contributed by atoms with van der Waals surface area (Å²) in [6.07, 6.45) is 0. The van der Waals surface area contributed by atoms with Gasteiger partial charge in [0.15, 0.2) is 0 Å². The van der Waals surface area contributed by atoms with Crippen molar-refractivity contribution in [1.82, 2.24) is 5.16 Å². The van der Waals surface area contributed by atoms with Gasteiger partial charge in [0, 0.05) is 0 Å². The van der Waals surface area contributed by atoms with Crippen molar-refractivity contribution in [1.29, 1.82) is 0 Å². The molecule has 0 saturated heterocycles. The van der Waals surface area contributed by atoms with Crippen LogP contribution in [0.15, 0.2) is 10.6 Å². The van der Waals surface area contributed by atoms with Gasteiger partial charge in [-0.3, -0.25) is 0 Å². The molecule has 0 unspecified atom stereocenters. The number of carbonyl (C=O) groups excluding carboxylic acids is 1. The summed E-state index contributed by atoms with van der Waals surface area (Å²) in [4.78, 5) is 11.7. The predicted molar refractivity (Wildman–Crippen MR) is 67.2 cm³/mol. The number of carbonyl (C=O) groups is 1. The number of hydrogen-bond donors (Lipinski definition) is 0. The third-order valence-electron chi connectivity index (χ3n) is 2.85. The third kappa shape index (κ3) is 3.87. The minimum Gasteiger partial charge on any atom is -0.854 e. The van der Waals surface area contributed by atoms with Crippen LogP contribution in [0.25, 0.3) is 0 Å². The lowest BCUT2D eigenvalue weighted by Crippen LogP contribution is -2.21. The van der Waals surface area contributed by atoms with Crippen LogP contribution in [0.5, 0.6) is 11.6 Å². The van der Waals surface area contributed by atoms with Crippen LogP contribution < -0.4 is 14.6 Å². The largest absolute Gasteiger partial charge is 0.854 e. The van der Waals surface area contributed by atoms with Crippen molar-refractivity contribution in [3.05, 3.63) is 40.9 Å². The van der Waals surface area contributed by atoms with Gasteiger partial charge in [-0.15, -0.1) is 6.61 Å². The van der Waals surface area contributed by atoms with Crippen LogP contribution in [-0.4, -0.2) is 24.3 Å². The molecule has 1 aromatic heterocycles. The number of halogens is 5. The Labute approximate surface area is 136 Å². The summed E-state index contributed by atoms with van der Waals surface area (Å²) in [5.41, 5.74) is 0. The molecule has 0 radical (unpaired) electrons. The van der Waals surface area contributed by atoms with E-state index in [0.717, 1.165) is 6.07 Å². The van der Waals surface area contributed by atoms with Gasteiger partial charge in [0.25, 0.3) is 5.88 Å². The summed E-state index contributed by atoms with van der Waals surface area (Å²) in [7, 11) is 0. The maximum atomic E-state index is 13.4. The van der Waals surface area contributed by atoms with E-state index in [-0.39, 0.29) is 18.4 Å². The van der Waals surface area contributed by atoms with E-state index in [4.69, 9.17) is 4.74 Å². The first-order chi connectivity index (χ1) is 11.8. The van der Waals surface area contributed by atoms with Gasteiger partial charge in [0.1, 0.15) is 0 Å². The fourth-order valence-corrected chi connectivity index (χ4v) is 1.52. The summed E-state index contributed by atoms with van der Waals surface area (Å²) < 4.78 is 79.5. The van der Waals surface area contributed by atoms with Crippen molar-refractivity contribution < 1.29 is 45.8 Å². The molecule has 1 aromatic carbocycles. The molecule has 6 nitrogen and oxygen atoms in total. The van der Waals surface area contributed by atoms with Crippen molar-refractivity contribution in [3.63, 3.8) is 0 Å². The van der Waals surface area contributed by atoms with Crippen molar-refractivity contribution in [2.75, 3.05) is 13.2 Å². The molecule has 0 saturated carbocycles. The van der Waals surface area contributed by atoms with Gasteiger partial charge in [0.05, 0.1) is 12.7 Å². The molecule has 136 valence electrons. The van der Waals surface area contributed by atoms with E-state index in [1.165, 1.54) is 0 Å². The van der Waals surface area contributed by atoms with Gasteiger partial charge in [-0.05, 0) is 11.1 Å². The monoisotopic (exact) mass is 366 g/mol. The van der Waals surface area contributed by atoms with Gasteiger partial charge >= 0.3 is 5.97 Å². The van der Waals surface area contributed by atoms with E-state index in [0.29, 0.717) is 0 Å². The molecular formula is C14H9F5NO5-. The maximum Gasteiger partial charge on any atom is 0.382 e. The zero-order chi connectivity index (χ0) is 18.7. The van der Waals surface area contributed by atoms with Crippen LogP contribution in [0.3, 0.4) is 0 Å². The van der Waals surface area contributed by atoms with E-state index in [2.05, 4.69) is 14.4 Å². The molecule has 1 atom stereocenters. The quantitative estimate of drug-likeness (QED) is 0.256. The van der Waals surface area contributed by atoms with Gasteiger partial charge in [-0.2, -0.15) is 8.78 Å². The molecule has 0 aliphatic rings. The number of esters is 1. The lowest BCUT2D eigenvalue weighted by atomic mass is 10.2. The Bertz CT molecular complexity index is 765. The van der Waals surface area contributed by atoms with Crippen LogP contribution >= 0.6 is 0 Å². The second-order valence-electron chi connectivity index (χ2n) is 4.90. The van der Waals surface area contributed by atoms with Gasteiger partial charge in [0.2, 0.25) is 40.6 Å². The van der Waals surface area contributed by atoms with E-state index >= 15 is 0 Å². The van der Waals surface area contributed by atoms with Crippen molar-refractivity contribution in [2.24, 2.45) is 5.92 Å². The van der Waals surface area contributed by atoms with E-state index in [9.17, 15) is 31.9 Å². The number of aromatic nitrogens is 1. The highest BCUT2D eigenvalue weighted by Gasteiger charge is 2.29. The standard InChI is InChI=1S/C14H9F5NO5/c1-5(3-21)4-23-7-2-6(25-20-7)14(22)24-13-11(18)9(16)8(15)10(17)12(13)19/h2,5H,3-4H2,1H3/q-1/t5-/m0/s1. The molecule has 25 heavy (non-hydrogen) atoms. The highest BCUT2D eigenvalue weighted by molar-refractivity contribution is 5.88. The Hall–Kier alpha value is -2.69. The number of benzene rings is 1. The van der Waals surface area contributed by atoms with Crippen molar-refractivity contribution >= 4 is 5.97 Å². The summed E-state index contributed by atoms with van der Waals surface area (Å²) in [6, 6.07) is 0.867. The Morgan fingerprint density at radius 3 is 2.28 bits per heavy atom. The summed E-state index contributed by atoms with van der Waals surface area (Å²) in [5, 5.41) is 13.8. The molecule has 0 bridgehead atoms. The van der Waals surface area contributed by atoms with Gasteiger partial charge in [-0.1, -0.05) is 6.92 Å². The number of nitrogens with zero attached hydrogens (tertiary/aromatic N) is 1. The fraction of sp³-hybridized carbons (Fsp3) is 0.286. The molecule has 0 aliphatic heterocycles. The third-order valence-corrected chi connectivity index (χ3v) is 2.85. The first-order valence-electron chi connectivity index (χ1n) is 6.67. The van der Waals surface area contributed by atoms with Crippen LogP contribution in [-0.2, 0) is 0 Å². The van der Waals surface area contributed by atoms with Crippen LogP contribution in [0.1, 0.15) is 17.5 Å². The number of rotatable bonds is 6. The molecule has 0 amide bonds. The molecule has 2 rings (SSSR count). The number of hydrogen-bond acceptors (Lipinski definition) is 6. The minimum absolute atomic E-state index is 0.0395. The minimum atomic E-state index is -2.39. The fourth-order valence-electron chi connectivity index (χ4n) is 1.52. The SMILES string of the molecule is C[C@@H](C[O-])COc1cc(C(=O)Oc2c(F)c(F)c(F)c(F)c2F)on1. The highest BCUT2D eigenvalue weighted by Crippen LogP contribution is 2.30. The second kappa shape index (κ2) is 7.47. The summed E-state index contributed by atoms with van der Waals surface area (Å²) in [6.45, 7) is 1.13.